The van der Waals surface area contributed by atoms with E-state index in [1.165, 1.54) is 7.11 Å². The lowest BCUT2D eigenvalue weighted by atomic mass is 10.0. The van der Waals surface area contributed by atoms with E-state index in [9.17, 15) is 14.4 Å². The number of hydrogen-bond acceptors (Lipinski definition) is 6. The van der Waals surface area contributed by atoms with Crippen LogP contribution in [0.5, 0.6) is 11.5 Å². The number of hydrogen-bond donors (Lipinski definition) is 1. The Hall–Kier alpha value is -3.35. The standard InChI is InChI=1S/C23H27NO6/c1-5-29-17-12-10-16(11-13-17)22(26)24-21(15(2)3)23(27)30-14-19(25)18-8-6-7-9-20(18)28-4/h6-13,15,21H,5,14H2,1-4H3,(H,24,26)/t21-/m0/s1. The van der Waals surface area contributed by atoms with E-state index in [4.69, 9.17) is 14.2 Å². The molecule has 0 aliphatic rings. The SMILES string of the molecule is CCOc1ccc(C(=O)N[C@H](C(=O)OCC(=O)c2ccccc2OC)C(C)C)cc1. The summed E-state index contributed by atoms with van der Waals surface area (Å²) in [5, 5.41) is 2.68. The van der Waals surface area contributed by atoms with Gasteiger partial charge >= 0.3 is 5.97 Å². The van der Waals surface area contributed by atoms with E-state index in [0.717, 1.165) is 0 Å². The normalized spacial score (nSPS) is 11.5. The minimum absolute atomic E-state index is 0.231. The van der Waals surface area contributed by atoms with Gasteiger partial charge in [0.25, 0.3) is 5.91 Å². The number of para-hydroxylation sites is 1. The molecule has 0 heterocycles. The Balaban J connectivity index is 2.00. The number of Topliss-reactive ketones (excluding diaryl/α,β-unsaturated/α-hetero) is 1. The van der Waals surface area contributed by atoms with Gasteiger partial charge in [0.15, 0.2) is 6.61 Å². The van der Waals surface area contributed by atoms with Gasteiger partial charge in [-0.3, -0.25) is 9.59 Å². The monoisotopic (exact) mass is 413 g/mol. The Morgan fingerprint density at radius 1 is 1.00 bits per heavy atom. The fourth-order valence-electron chi connectivity index (χ4n) is 2.77. The first-order valence-corrected chi connectivity index (χ1v) is 9.74. The molecule has 0 radical (unpaired) electrons. The zero-order valence-corrected chi connectivity index (χ0v) is 17.6. The molecule has 30 heavy (non-hydrogen) atoms. The highest BCUT2D eigenvalue weighted by Crippen LogP contribution is 2.18. The van der Waals surface area contributed by atoms with Gasteiger partial charge in [-0.25, -0.2) is 4.79 Å². The third-order valence-corrected chi connectivity index (χ3v) is 4.39. The summed E-state index contributed by atoms with van der Waals surface area (Å²) in [6.45, 7) is 5.53. The largest absolute Gasteiger partial charge is 0.496 e. The number of methoxy groups -OCH3 is 1. The van der Waals surface area contributed by atoms with Gasteiger partial charge in [-0.15, -0.1) is 0 Å². The van der Waals surface area contributed by atoms with Crippen LogP contribution in [0, 0.1) is 5.92 Å². The molecule has 1 N–H and O–H groups in total. The van der Waals surface area contributed by atoms with Crippen molar-refractivity contribution in [2.45, 2.75) is 26.8 Å². The third-order valence-electron chi connectivity index (χ3n) is 4.39. The van der Waals surface area contributed by atoms with Crippen molar-refractivity contribution in [2.75, 3.05) is 20.3 Å². The maximum absolute atomic E-state index is 12.5. The summed E-state index contributed by atoms with van der Waals surface area (Å²) in [4.78, 5) is 37.5. The van der Waals surface area contributed by atoms with Crippen molar-refractivity contribution in [3.8, 4) is 11.5 Å². The molecular formula is C23H27NO6. The zero-order valence-electron chi connectivity index (χ0n) is 17.6. The van der Waals surface area contributed by atoms with E-state index in [1.54, 1.807) is 62.4 Å². The van der Waals surface area contributed by atoms with Gasteiger partial charge in [0.1, 0.15) is 17.5 Å². The van der Waals surface area contributed by atoms with Crippen LogP contribution >= 0.6 is 0 Å². The summed E-state index contributed by atoms with van der Waals surface area (Å²) in [5.74, 6) is -0.643. The van der Waals surface area contributed by atoms with E-state index >= 15 is 0 Å². The molecule has 0 spiro atoms. The number of benzene rings is 2. The molecule has 2 rings (SSSR count). The van der Waals surface area contributed by atoms with Crippen molar-refractivity contribution in [1.29, 1.82) is 0 Å². The van der Waals surface area contributed by atoms with Gasteiger partial charge in [0, 0.05) is 5.56 Å². The topological polar surface area (TPSA) is 90.9 Å². The van der Waals surface area contributed by atoms with Crippen LogP contribution in [-0.2, 0) is 9.53 Å². The van der Waals surface area contributed by atoms with Gasteiger partial charge in [0.05, 0.1) is 19.3 Å². The molecule has 7 nitrogen and oxygen atoms in total. The molecule has 0 unspecified atom stereocenters. The molecule has 0 fully saturated rings. The van der Waals surface area contributed by atoms with E-state index < -0.39 is 24.5 Å². The van der Waals surface area contributed by atoms with Crippen molar-refractivity contribution in [3.05, 3.63) is 59.7 Å². The number of nitrogens with one attached hydrogen (secondary N) is 1. The maximum Gasteiger partial charge on any atom is 0.329 e. The van der Waals surface area contributed by atoms with Crippen molar-refractivity contribution >= 4 is 17.7 Å². The first-order chi connectivity index (χ1) is 14.4. The number of esters is 1. The quantitative estimate of drug-likeness (QED) is 0.475. The van der Waals surface area contributed by atoms with E-state index in [0.29, 0.717) is 29.2 Å². The van der Waals surface area contributed by atoms with E-state index in [-0.39, 0.29) is 11.7 Å². The third kappa shape index (κ3) is 6.07. The van der Waals surface area contributed by atoms with Crippen molar-refractivity contribution in [3.63, 3.8) is 0 Å². The van der Waals surface area contributed by atoms with Crippen molar-refractivity contribution in [1.82, 2.24) is 5.32 Å². The van der Waals surface area contributed by atoms with Gasteiger partial charge < -0.3 is 19.5 Å². The van der Waals surface area contributed by atoms with E-state index in [2.05, 4.69) is 5.32 Å². The molecule has 0 saturated heterocycles. The second kappa shape index (κ2) is 11.0. The summed E-state index contributed by atoms with van der Waals surface area (Å²) < 4.78 is 15.7. The predicted octanol–water partition coefficient (Wildman–Crippen LogP) is 3.27. The average molecular weight is 413 g/mol. The lowest BCUT2D eigenvalue weighted by Gasteiger charge is -2.21. The van der Waals surface area contributed by atoms with Gasteiger partial charge in [-0.1, -0.05) is 26.0 Å². The molecule has 0 saturated carbocycles. The number of rotatable bonds is 10. The van der Waals surface area contributed by atoms with Crippen LogP contribution in [0.4, 0.5) is 0 Å². The van der Waals surface area contributed by atoms with Crippen LogP contribution in [0.25, 0.3) is 0 Å². The minimum atomic E-state index is -0.894. The summed E-state index contributed by atoms with van der Waals surface area (Å²) in [6.07, 6.45) is 0. The molecule has 1 atom stereocenters. The molecule has 1 amide bonds. The van der Waals surface area contributed by atoms with Gasteiger partial charge in [-0.2, -0.15) is 0 Å². The molecule has 0 aromatic heterocycles. The lowest BCUT2D eigenvalue weighted by Crippen LogP contribution is -2.45. The molecule has 0 bridgehead atoms. The number of carbonyl (C=O) groups excluding carboxylic acids is 3. The summed E-state index contributed by atoms with van der Waals surface area (Å²) in [6, 6.07) is 12.4. The number of ether oxygens (including phenoxy) is 3. The number of amides is 1. The van der Waals surface area contributed by atoms with E-state index in [1.807, 2.05) is 6.92 Å². The Labute approximate surface area is 176 Å². The van der Waals surface area contributed by atoms with Crippen LogP contribution in [0.1, 0.15) is 41.5 Å². The van der Waals surface area contributed by atoms with Gasteiger partial charge in [0.2, 0.25) is 5.78 Å². The highest BCUT2D eigenvalue weighted by molar-refractivity contribution is 6.01. The average Bonchev–Trinajstić information content (AvgIpc) is 2.75. The Kier molecular flexibility index (Phi) is 8.41. The van der Waals surface area contributed by atoms with Crippen LogP contribution < -0.4 is 14.8 Å². The van der Waals surface area contributed by atoms with Gasteiger partial charge in [-0.05, 0) is 49.2 Å². The zero-order chi connectivity index (χ0) is 22.1. The first-order valence-electron chi connectivity index (χ1n) is 9.74. The van der Waals surface area contributed by atoms with Crippen molar-refractivity contribution in [2.24, 2.45) is 5.92 Å². The molecular weight excluding hydrogens is 386 g/mol. The molecule has 2 aromatic carbocycles. The first kappa shape index (κ1) is 22.9. The van der Waals surface area contributed by atoms with Crippen LogP contribution in [0.15, 0.2) is 48.5 Å². The number of carbonyl (C=O) groups is 3. The van der Waals surface area contributed by atoms with Crippen molar-refractivity contribution < 1.29 is 28.6 Å². The second-order valence-corrected chi connectivity index (χ2v) is 6.88. The Morgan fingerprint density at radius 2 is 1.67 bits per heavy atom. The minimum Gasteiger partial charge on any atom is -0.496 e. The fourth-order valence-corrected chi connectivity index (χ4v) is 2.77. The predicted molar refractivity (Wildman–Crippen MR) is 112 cm³/mol. The molecule has 0 aliphatic carbocycles. The summed E-state index contributed by atoms with van der Waals surface area (Å²) in [5.41, 5.74) is 0.717. The highest BCUT2D eigenvalue weighted by atomic mass is 16.5. The molecule has 160 valence electrons. The Bertz CT molecular complexity index is 876. The van der Waals surface area contributed by atoms with Crippen LogP contribution in [0.2, 0.25) is 0 Å². The molecule has 0 aliphatic heterocycles. The maximum atomic E-state index is 12.5. The molecule has 7 heteroatoms. The highest BCUT2D eigenvalue weighted by Gasteiger charge is 2.27. The fraction of sp³-hybridized carbons (Fsp3) is 0.348. The Morgan fingerprint density at radius 3 is 2.27 bits per heavy atom. The summed E-state index contributed by atoms with van der Waals surface area (Å²) in [7, 11) is 1.46. The lowest BCUT2D eigenvalue weighted by molar-refractivity contribution is -0.145. The second-order valence-electron chi connectivity index (χ2n) is 6.88. The summed E-state index contributed by atoms with van der Waals surface area (Å²) >= 11 is 0. The smallest absolute Gasteiger partial charge is 0.329 e. The number of ketones is 1. The van der Waals surface area contributed by atoms with Crippen LogP contribution in [0.3, 0.4) is 0 Å². The molecule has 2 aromatic rings. The van der Waals surface area contributed by atoms with Crippen LogP contribution in [-0.4, -0.2) is 44.0 Å².